The molecule has 0 saturated carbocycles. The molecule has 7 nitrogen and oxygen atoms in total. The fraction of sp³-hybridized carbons (Fsp3) is 0. The molecule has 0 saturated heterocycles. The second-order valence-electron chi connectivity index (χ2n) is 4.28. The molecule has 2 heterocycles. The van der Waals surface area contributed by atoms with Gasteiger partial charge in [-0.3, -0.25) is 10.1 Å². The highest BCUT2D eigenvalue weighted by molar-refractivity contribution is 6.30. The summed E-state index contributed by atoms with van der Waals surface area (Å²) in [6, 6.07) is 3.82. The molecule has 0 radical (unpaired) electrons. The second-order valence-corrected chi connectivity index (χ2v) is 4.72. The normalized spacial score (nSPS) is 11.0. The molecule has 0 aliphatic heterocycles. The number of rotatable bonds is 2. The average molecular weight is 327 g/mol. The lowest BCUT2D eigenvalue weighted by Crippen LogP contribution is -2.20. The van der Waals surface area contributed by atoms with Crippen LogP contribution in [0.5, 0.6) is 0 Å². The van der Waals surface area contributed by atoms with Crippen molar-refractivity contribution in [2.75, 3.05) is 0 Å². The summed E-state index contributed by atoms with van der Waals surface area (Å²) < 4.78 is 28.9. The first-order valence-electron chi connectivity index (χ1n) is 5.79. The third-order valence-electron chi connectivity index (χ3n) is 2.92. The monoisotopic (exact) mass is 326 g/mol. The van der Waals surface area contributed by atoms with Crippen LogP contribution in [0.15, 0.2) is 35.3 Å². The van der Waals surface area contributed by atoms with Crippen LogP contribution in [-0.4, -0.2) is 19.1 Å². The van der Waals surface area contributed by atoms with E-state index in [0.29, 0.717) is 16.8 Å². The van der Waals surface area contributed by atoms with E-state index < -0.39 is 33.6 Å². The molecule has 0 fully saturated rings. The molecule has 0 bridgehead atoms. The summed E-state index contributed by atoms with van der Waals surface area (Å²) in [5.74, 6) is -2.49. The van der Waals surface area contributed by atoms with E-state index in [1.165, 1.54) is 18.3 Å². The Bertz CT molecular complexity index is 982. The molecular weight excluding hydrogens is 322 g/mol. The van der Waals surface area contributed by atoms with Crippen molar-refractivity contribution in [3.05, 3.63) is 67.7 Å². The van der Waals surface area contributed by atoms with Crippen LogP contribution in [0.1, 0.15) is 0 Å². The van der Waals surface area contributed by atoms with Crippen molar-refractivity contribution in [3.8, 4) is 5.69 Å². The standard InChI is InChI=1S/C12H5ClF2N4O3/c13-6-1-2-11-16-18(12(20)17(11)5-6)9-4-10(19(21)22)8(15)3-7(9)14/h1-5H. The van der Waals surface area contributed by atoms with E-state index in [0.717, 1.165) is 4.40 Å². The second kappa shape index (κ2) is 4.88. The van der Waals surface area contributed by atoms with Gasteiger partial charge in [0, 0.05) is 18.3 Å². The Morgan fingerprint density at radius 2 is 1.95 bits per heavy atom. The van der Waals surface area contributed by atoms with Crippen molar-refractivity contribution in [1.82, 2.24) is 14.2 Å². The number of hydrogen-bond donors (Lipinski definition) is 0. The lowest BCUT2D eigenvalue weighted by atomic mass is 10.2. The van der Waals surface area contributed by atoms with Crippen molar-refractivity contribution in [2.45, 2.75) is 0 Å². The number of nitro benzene ring substituents is 1. The summed E-state index contributed by atoms with van der Waals surface area (Å²) >= 11 is 5.76. The molecule has 3 rings (SSSR count). The van der Waals surface area contributed by atoms with E-state index in [1.54, 1.807) is 0 Å². The molecule has 112 valence electrons. The molecule has 0 atom stereocenters. The molecule has 3 aromatic rings. The van der Waals surface area contributed by atoms with Gasteiger partial charge in [0.1, 0.15) is 5.69 Å². The molecule has 1 aromatic carbocycles. The van der Waals surface area contributed by atoms with Crippen LogP contribution in [0.4, 0.5) is 14.5 Å². The van der Waals surface area contributed by atoms with Crippen molar-refractivity contribution < 1.29 is 13.7 Å². The van der Waals surface area contributed by atoms with Crippen LogP contribution >= 0.6 is 11.6 Å². The summed E-state index contributed by atoms with van der Waals surface area (Å²) in [6.07, 6.45) is 1.26. The lowest BCUT2D eigenvalue weighted by molar-refractivity contribution is -0.387. The van der Waals surface area contributed by atoms with Crippen molar-refractivity contribution >= 4 is 22.9 Å². The highest BCUT2D eigenvalue weighted by Gasteiger charge is 2.22. The number of nitro groups is 1. The van der Waals surface area contributed by atoms with Gasteiger partial charge in [-0.25, -0.2) is 13.6 Å². The minimum atomic E-state index is -1.34. The number of hydrogen-bond acceptors (Lipinski definition) is 4. The quantitative estimate of drug-likeness (QED) is 0.534. The third-order valence-corrected chi connectivity index (χ3v) is 3.15. The van der Waals surface area contributed by atoms with Gasteiger partial charge >= 0.3 is 11.4 Å². The lowest BCUT2D eigenvalue weighted by Gasteiger charge is -2.02. The molecule has 0 amide bonds. The zero-order valence-corrected chi connectivity index (χ0v) is 11.3. The van der Waals surface area contributed by atoms with Gasteiger partial charge in [-0.2, -0.15) is 9.07 Å². The number of halogens is 3. The first-order valence-corrected chi connectivity index (χ1v) is 6.17. The fourth-order valence-electron chi connectivity index (χ4n) is 1.93. The Hall–Kier alpha value is -2.81. The topological polar surface area (TPSA) is 82.4 Å². The molecule has 0 aliphatic rings. The maximum absolute atomic E-state index is 13.9. The largest absolute Gasteiger partial charge is 0.355 e. The molecule has 0 N–H and O–H groups in total. The number of aromatic nitrogens is 3. The minimum absolute atomic E-state index is 0.153. The first kappa shape index (κ1) is 14.1. The van der Waals surface area contributed by atoms with Crippen LogP contribution in [0, 0.1) is 21.7 Å². The highest BCUT2D eigenvalue weighted by atomic mass is 35.5. The average Bonchev–Trinajstić information content (AvgIpc) is 2.76. The third kappa shape index (κ3) is 2.11. The highest BCUT2D eigenvalue weighted by Crippen LogP contribution is 2.23. The van der Waals surface area contributed by atoms with Gasteiger partial charge in [-0.05, 0) is 12.1 Å². The van der Waals surface area contributed by atoms with E-state index in [4.69, 9.17) is 11.6 Å². The Morgan fingerprint density at radius 3 is 2.64 bits per heavy atom. The molecule has 0 unspecified atom stereocenters. The predicted molar refractivity (Wildman–Crippen MR) is 72.4 cm³/mol. The molecule has 0 aliphatic carbocycles. The number of nitrogens with zero attached hydrogens (tertiary/aromatic N) is 4. The van der Waals surface area contributed by atoms with Gasteiger partial charge in [-0.1, -0.05) is 11.6 Å². The zero-order valence-electron chi connectivity index (χ0n) is 10.5. The van der Waals surface area contributed by atoms with Gasteiger partial charge in [-0.15, -0.1) is 5.10 Å². The number of benzene rings is 1. The molecule has 0 spiro atoms. The van der Waals surface area contributed by atoms with Gasteiger partial charge in [0.25, 0.3) is 0 Å². The van der Waals surface area contributed by atoms with Gasteiger partial charge in [0.05, 0.1) is 9.95 Å². The zero-order chi connectivity index (χ0) is 16.0. The van der Waals surface area contributed by atoms with Crippen LogP contribution in [-0.2, 0) is 0 Å². The number of fused-ring (bicyclic) bond motifs is 1. The Kier molecular flexibility index (Phi) is 3.14. The van der Waals surface area contributed by atoms with Gasteiger partial charge < -0.3 is 0 Å². The predicted octanol–water partition coefficient (Wildman–Crippen LogP) is 2.33. The molecule has 10 heteroatoms. The molecule has 2 aromatic heterocycles. The van der Waals surface area contributed by atoms with E-state index in [9.17, 15) is 23.7 Å². The number of pyridine rings is 1. The summed E-state index contributed by atoms with van der Waals surface area (Å²) in [5.41, 5.74) is -2.13. The Morgan fingerprint density at radius 1 is 1.23 bits per heavy atom. The van der Waals surface area contributed by atoms with Crippen LogP contribution in [0.25, 0.3) is 11.3 Å². The molecular formula is C12H5ClF2N4O3. The summed E-state index contributed by atoms with van der Waals surface area (Å²) in [4.78, 5) is 21.9. The van der Waals surface area contributed by atoms with Crippen molar-refractivity contribution in [1.29, 1.82) is 0 Å². The van der Waals surface area contributed by atoms with E-state index in [-0.39, 0.29) is 10.7 Å². The van der Waals surface area contributed by atoms with Crippen molar-refractivity contribution in [2.24, 2.45) is 0 Å². The maximum atomic E-state index is 13.9. The van der Waals surface area contributed by atoms with Crippen LogP contribution in [0.2, 0.25) is 5.02 Å². The van der Waals surface area contributed by atoms with Gasteiger partial charge in [0.15, 0.2) is 11.5 Å². The van der Waals surface area contributed by atoms with Gasteiger partial charge in [0.2, 0.25) is 5.82 Å². The maximum Gasteiger partial charge on any atom is 0.355 e. The Labute approximate surface area is 125 Å². The van der Waals surface area contributed by atoms with E-state index >= 15 is 0 Å². The molecule has 22 heavy (non-hydrogen) atoms. The first-order chi connectivity index (χ1) is 10.4. The SMILES string of the molecule is O=c1n(-c2cc([N+](=O)[O-])c(F)cc2F)nc2ccc(Cl)cn12. The summed E-state index contributed by atoms with van der Waals surface area (Å²) in [5, 5.41) is 14.8. The fourth-order valence-corrected chi connectivity index (χ4v) is 2.10. The van der Waals surface area contributed by atoms with E-state index in [1.807, 2.05) is 0 Å². The summed E-state index contributed by atoms with van der Waals surface area (Å²) in [6.45, 7) is 0. The minimum Gasteiger partial charge on any atom is -0.258 e. The Balaban J connectivity index is 2.32. The van der Waals surface area contributed by atoms with Crippen molar-refractivity contribution in [3.63, 3.8) is 0 Å². The van der Waals surface area contributed by atoms with Crippen LogP contribution < -0.4 is 5.69 Å². The smallest absolute Gasteiger partial charge is 0.258 e. The van der Waals surface area contributed by atoms with Crippen LogP contribution in [0.3, 0.4) is 0 Å². The summed E-state index contributed by atoms with van der Waals surface area (Å²) in [7, 11) is 0. The van der Waals surface area contributed by atoms with E-state index in [2.05, 4.69) is 5.10 Å².